The monoisotopic (exact) mass is 254 g/mol. The number of rotatable bonds is 4. The zero-order valence-corrected chi connectivity index (χ0v) is 10.4. The van der Waals surface area contributed by atoms with Crippen molar-refractivity contribution in [2.45, 2.75) is 24.9 Å². The van der Waals surface area contributed by atoms with Gasteiger partial charge in [-0.2, -0.15) is 0 Å². The number of carbonyl (C=O) groups excluding carboxylic acids is 1. The van der Waals surface area contributed by atoms with Crippen molar-refractivity contribution in [3.05, 3.63) is 28.8 Å². The first-order valence-electron chi connectivity index (χ1n) is 5.45. The van der Waals surface area contributed by atoms with Gasteiger partial charge in [0.2, 0.25) is 5.91 Å². The Hall–Kier alpha value is -1.26. The molecule has 1 aromatic rings. The van der Waals surface area contributed by atoms with E-state index in [9.17, 15) is 4.79 Å². The van der Waals surface area contributed by atoms with Gasteiger partial charge in [-0.05, 0) is 30.5 Å². The maximum absolute atomic E-state index is 11.6. The van der Waals surface area contributed by atoms with Crippen LogP contribution in [0.1, 0.15) is 18.4 Å². The minimum Gasteiger partial charge on any atom is -0.495 e. The Balaban J connectivity index is 1.95. The molecule has 1 aromatic carbocycles. The zero-order chi connectivity index (χ0) is 12.5. The molecule has 0 heterocycles. The molecule has 4 nitrogen and oxygen atoms in total. The molecule has 0 spiro atoms. The fourth-order valence-electron chi connectivity index (χ4n) is 1.54. The number of halogens is 1. The van der Waals surface area contributed by atoms with Crippen LogP contribution in [0.2, 0.25) is 5.02 Å². The highest BCUT2D eigenvalue weighted by molar-refractivity contribution is 6.32. The number of nitrogens with two attached hydrogens (primary N) is 1. The lowest BCUT2D eigenvalue weighted by atomic mass is 10.2. The molecule has 1 amide bonds. The van der Waals surface area contributed by atoms with Crippen molar-refractivity contribution in [1.82, 2.24) is 5.32 Å². The Morgan fingerprint density at radius 1 is 1.59 bits per heavy atom. The van der Waals surface area contributed by atoms with Gasteiger partial charge in [0, 0.05) is 6.54 Å². The molecule has 1 aliphatic rings. The van der Waals surface area contributed by atoms with Crippen LogP contribution in [0, 0.1) is 0 Å². The van der Waals surface area contributed by atoms with Crippen LogP contribution in [0.4, 0.5) is 0 Å². The third kappa shape index (κ3) is 2.70. The number of methoxy groups -OCH3 is 1. The molecule has 1 fully saturated rings. The molecule has 3 N–H and O–H groups in total. The summed E-state index contributed by atoms with van der Waals surface area (Å²) >= 11 is 5.98. The molecule has 5 heteroatoms. The molecular weight excluding hydrogens is 240 g/mol. The minimum absolute atomic E-state index is 0.0931. The summed E-state index contributed by atoms with van der Waals surface area (Å²) in [5.41, 5.74) is 6.07. The summed E-state index contributed by atoms with van der Waals surface area (Å²) in [5.74, 6) is 0.531. The van der Waals surface area contributed by atoms with E-state index in [1.807, 2.05) is 6.07 Å². The van der Waals surface area contributed by atoms with E-state index in [-0.39, 0.29) is 5.91 Å². The van der Waals surface area contributed by atoms with Gasteiger partial charge in [0.05, 0.1) is 17.7 Å². The van der Waals surface area contributed by atoms with Crippen molar-refractivity contribution in [3.63, 3.8) is 0 Å². The van der Waals surface area contributed by atoms with Crippen LogP contribution in [0.5, 0.6) is 5.75 Å². The summed E-state index contributed by atoms with van der Waals surface area (Å²) in [6.45, 7) is 0.432. The molecule has 2 rings (SSSR count). The molecule has 1 aliphatic carbocycles. The smallest absolute Gasteiger partial charge is 0.240 e. The molecular formula is C12H15ClN2O2. The molecule has 0 radical (unpaired) electrons. The third-order valence-electron chi connectivity index (χ3n) is 2.91. The molecule has 1 saturated carbocycles. The van der Waals surface area contributed by atoms with Gasteiger partial charge in [-0.3, -0.25) is 4.79 Å². The number of amides is 1. The first kappa shape index (κ1) is 12.2. The third-order valence-corrected chi connectivity index (χ3v) is 3.21. The molecule has 0 bridgehead atoms. The quantitative estimate of drug-likeness (QED) is 0.855. The Kier molecular flexibility index (Phi) is 3.26. The van der Waals surface area contributed by atoms with Crippen molar-refractivity contribution in [2.24, 2.45) is 5.73 Å². The summed E-state index contributed by atoms with van der Waals surface area (Å²) in [6.07, 6.45) is 1.53. The van der Waals surface area contributed by atoms with Crippen molar-refractivity contribution < 1.29 is 9.53 Å². The number of ether oxygens (including phenoxy) is 1. The summed E-state index contributed by atoms with van der Waals surface area (Å²) in [5, 5.41) is 3.34. The van der Waals surface area contributed by atoms with Gasteiger partial charge < -0.3 is 15.8 Å². The van der Waals surface area contributed by atoms with Gasteiger partial charge in [-0.25, -0.2) is 0 Å². The average Bonchev–Trinajstić information content (AvgIpc) is 3.06. The standard InChI is InChI=1S/C12H15ClN2O2/c1-17-10-3-2-8(6-9(10)13)7-15-11(16)12(14)4-5-12/h2-3,6H,4-5,7,14H2,1H3,(H,15,16). The van der Waals surface area contributed by atoms with Crippen molar-refractivity contribution in [2.75, 3.05) is 7.11 Å². The van der Waals surface area contributed by atoms with Crippen LogP contribution in [0.25, 0.3) is 0 Å². The van der Waals surface area contributed by atoms with Crippen LogP contribution in [-0.2, 0) is 11.3 Å². The second-order valence-corrected chi connectivity index (χ2v) is 4.71. The molecule has 0 saturated heterocycles. The van der Waals surface area contributed by atoms with Crippen LogP contribution < -0.4 is 15.8 Å². The molecule has 0 atom stereocenters. The number of benzene rings is 1. The molecule has 0 aromatic heterocycles. The number of hydrogen-bond acceptors (Lipinski definition) is 3. The second kappa shape index (κ2) is 4.55. The highest BCUT2D eigenvalue weighted by Gasteiger charge is 2.45. The average molecular weight is 255 g/mol. The van der Waals surface area contributed by atoms with Gasteiger partial charge in [0.25, 0.3) is 0 Å². The molecule has 0 aliphatic heterocycles. The van der Waals surface area contributed by atoms with E-state index >= 15 is 0 Å². The van der Waals surface area contributed by atoms with Crippen molar-refractivity contribution in [3.8, 4) is 5.75 Å². The molecule has 17 heavy (non-hydrogen) atoms. The molecule has 0 unspecified atom stereocenters. The van der Waals surface area contributed by atoms with E-state index in [0.717, 1.165) is 18.4 Å². The predicted molar refractivity (Wildman–Crippen MR) is 66.0 cm³/mol. The van der Waals surface area contributed by atoms with Gasteiger partial charge in [-0.15, -0.1) is 0 Å². The van der Waals surface area contributed by atoms with Crippen LogP contribution in [0.3, 0.4) is 0 Å². The number of hydrogen-bond donors (Lipinski definition) is 2. The second-order valence-electron chi connectivity index (χ2n) is 4.31. The maximum Gasteiger partial charge on any atom is 0.240 e. The number of nitrogens with one attached hydrogen (secondary N) is 1. The lowest BCUT2D eigenvalue weighted by molar-refractivity contribution is -0.123. The van der Waals surface area contributed by atoms with Crippen LogP contribution in [-0.4, -0.2) is 18.6 Å². The zero-order valence-electron chi connectivity index (χ0n) is 9.63. The van der Waals surface area contributed by atoms with Gasteiger partial charge >= 0.3 is 0 Å². The summed E-state index contributed by atoms with van der Waals surface area (Å²) in [7, 11) is 1.56. The first-order valence-corrected chi connectivity index (χ1v) is 5.82. The summed E-state index contributed by atoms with van der Waals surface area (Å²) in [6, 6.07) is 5.41. The predicted octanol–water partition coefficient (Wildman–Crippen LogP) is 1.46. The van der Waals surface area contributed by atoms with Gasteiger partial charge in [0.1, 0.15) is 5.75 Å². The lowest BCUT2D eigenvalue weighted by Gasteiger charge is -2.11. The fourth-order valence-corrected chi connectivity index (χ4v) is 1.82. The molecule has 92 valence electrons. The Bertz CT molecular complexity index is 444. The highest BCUT2D eigenvalue weighted by atomic mass is 35.5. The van der Waals surface area contributed by atoms with Gasteiger partial charge in [-0.1, -0.05) is 17.7 Å². The Morgan fingerprint density at radius 3 is 2.82 bits per heavy atom. The van der Waals surface area contributed by atoms with E-state index in [4.69, 9.17) is 22.1 Å². The van der Waals surface area contributed by atoms with Crippen molar-refractivity contribution >= 4 is 17.5 Å². The SMILES string of the molecule is COc1ccc(CNC(=O)C2(N)CC2)cc1Cl. The normalized spacial score (nSPS) is 16.4. The topological polar surface area (TPSA) is 64.3 Å². The fraction of sp³-hybridized carbons (Fsp3) is 0.417. The highest BCUT2D eigenvalue weighted by Crippen LogP contribution is 2.32. The lowest BCUT2D eigenvalue weighted by Crippen LogP contribution is -2.42. The Labute approximate surface area is 105 Å². The Morgan fingerprint density at radius 2 is 2.29 bits per heavy atom. The van der Waals surface area contributed by atoms with E-state index in [1.54, 1.807) is 19.2 Å². The van der Waals surface area contributed by atoms with Gasteiger partial charge in [0.15, 0.2) is 0 Å². The summed E-state index contributed by atoms with van der Waals surface area (Å²) < 4.78 is 5.05. The van der Waals surface area contributed by atoms with Crippen molar-refractivity contribution in [1.29, 1.82) is 0 Å². The van der Waals surface area contributed by atoms with Crippen LogP contribution in [0.15, 0.2) is 18.2 Å². The van der Waals surface area contributed by atoms with E-state index in [1.165, 1.54) is 0 Å². The van der Waals surface area contributed by atoms with E-state index in [0.29, 0.717) is 17.3 Å². The minimum atomic E-state index is -0.629. The van der Waals surface area contributed by atoms with E-state index < -0.39 is 5.54 Å². The largest absolute Gasteiger partial charge is 0.495 e. The maximum atomic E-state index is 11.6. The first-order chi connectivity index (χ1) is 8.05. The van der Waals surface area contributed by atoms with Crippen LogP contribution >= 0.6 is 11.6 Å². The van der Waals surface area contributed by atoms with E-state index in [2.05, 4.69) is 5.32 Å². The summed E-state index contributed by atoms with van der Waals surface area (Å²) in [4.78, 5) is 11.6. The number of carbonyl (C=O) groups is 1.